The number of aryl methyl sites for hydroxylation is 1. The highest BCUT2D eigenvalue weighted by Crippen LogP contribution is 2.24. The van der Waals surface area contributed by atoms with Crippen LogP contribution in [0.25, 0.3) is 10.9 Å². The van der Waals surface area contributed by atoms with E-state index in [1.54, 1.807) is 19.2 Å². The standard InChI is InChI=1S/C22H22ClN3O3/c1-13-3-5-20(17(23)9-13)25-21(27)12-26-8-7-19-16(11-26)22(28)15-10-14(29-2)4-6-18(15)24-19/h3-6,9-10H,7-8,11-12H2,1-2H3,(H,24,28)(H,25,27). The zero-order valence-corrected chi connectivity index (χ0v) is 17.1. The minimum Gasteiger partial charge on any atom is -0.497 e. The van der Waals surface area contributed by atoms with Gasteiger partial charge in [-0.15, -0.1) is 0 Å². The molecule has 0 saturated carbocycles. The van der Waals surface area contributed by atoms with Crippen LogP contribution in [0, 0.1) is 6.92 Å². The molecule has 1 aromatic heterocycles. The molecule has 0 saturated heterocycles. The number of benzene rings is 2. The number of pyridine rings is 1. The number of fused-ring (bicyclic) bond motifs is 2. The molecule has 2 heterocycles. The van der Waals surface area contributed by atoms with Crippen LogP contribution in [-0.2, 0) is 17.8 Å². The van der Waals surface area contributed by atoms with Gasteiger partial charge >= 0.3 is 0 Å². The summed E-state index contributed by atoms with van der Waals surface area (Å²) in [5, 5.41) is 3.96. The van der Waals surface area contributed by atoms with Crippen molar-refractivity contribution >= 4 is 34.1 Å². The molecule has 4 rings (SSSR count). The number of amides is 1. The Labute approximate surface area is 173 Å². The average Bonchev–Trinajstić information content (AvgIpc) is 2.70. The Morgan fingerprint density at radius 1 is 1.28 bits per heavy atom. The van der Waals surface area contributed by atoms with Crippen LogP contribution in [0.5, 0.6) is 5.75 Å². The normalized spacial score (nSPS) is 13.9. The number of hydrogen-bond donors (Lipinski definition) is 2. The number of anilines is 1. The summed E-state index contributed by atoms with van der Waals surface area (Å²) in [7, 11) is 1.58. The number of aromatic amines is 1. The van der Waals surface area contributed by atoms with Crippen molar-refractivity contribution in [2.75, 3.05) is 25.5 Å². The molecule has 6 nitrogen and oxygen atoms in total. The quantitative estimate of drug-likeness (QED) is 0.689. The van der Waals surface area contributed by atoms with Crippen LogP contribution in [0.4, 0.5) is 5.69 Å². The van der Waals surface area contributed by atoms with E-state index in [4.69, 9.17) is 16.3 Å². The van der Waals surface area contributed by atoms with Gasteiger partial charge in [0.05, 0.1) is 24.4 Å². The number of aromatic nitrogens is 1. The van der Waals surface area contributed by atoms with Crippen molar-refractivity contribution in [2.24, 2.45) is 0 Å². The van der Waals surface area contributed by atoms with Gasteiger partial charge in [-0.05, 0) is 42.8 Å². The van der Waals surface area contributed by atoms with Gasteiger partial charge in [-0.3, -0.25) is 14.5 Å². The molecule has 0 aliphatic carbocycles. The van der Waals surface area contributed by atoms with E-state index < -0.39 is 0 Å². The van der Waals surface area contributed by atoms with Crippen LogP contribution in [0.1, 0.15) is 16.8 Å². The molecular weight excluding hydrogens is 390 g/mol. The van der Waals surface area contributed by atoms with E-state index in [9.17, 15) is 9.59 Å². The molecule has 3 aromatic rings. The van der Waals surface area contributed by atoms with Crippen LogP contribution in [0.15, 0.2) is 41.2 Å². The minimum absolute atomic E-state index is 0.0145. The molecule has 1 amide bonds. The van der Waals surface area contributed by atoms with E-state index in [0.717, 1.165) is 16.8 Å². The predicted octanol–water partition coefficient (Wildman–Crippen LogP) is 3.50. The van der Waals surface area contributed by atoms with Gasteiger partial charge in [0.15, 0.2) is 5.43 Å². The molecule has 0 bridgehead atoms. The first-order chi connectivity index (χ1) is 13.9. The van der Waals surface area contributed by atoms with E-state index in [1.807, 2.05) is 36.1 Å². The highest BCUT2D eigenvalue weighted by Gasteiger charge is 2.23. The van der Waals surface area contributed by atoms with Gasteiger partial charge < -0.3 is 15.0 Å². The molecule has 7 heteroatoms. The first-order valence-electron chi connectivity index (χ1n) is 9.45. The van der Waals surface area contributed by atoms with Gasteiger partial charge in [0.2, 0.25) is 5.91 Å². The molecule has 2 aromatic carbocycles. The third-order valence-corrected chi connectivity index (χ3v) is 5.53. The van der Waals surface area contributed by atoms with E-state index in [0.29, 0.717) is 46.9 Å². The molecule has 2 N–H and O–H groups in total. The first-order valence-corrected chi connectivity index (χ1v) is 9.82. The summed E-state index contributed by atoms with van der Waals surface area (Å²) >= 11 is 6.20. The Hall–Kier alpha value is -2.83. The number of halogens is 1. The maximum Gasteiger partial charge on any atom is 0.238 e. The van der Waals surface area contributed by atoms with Crippen molar-refractivity contribution in [1.29, 1.82) is 0 Å². The van der Waals surface area contributed by atoms with E-state index in [-0.39, 0.29) is 17.9 Å². The lowest BCUT2D eigenvalue weighted by Crippen LogP contribution is -2.39. The van der Waals surface area contributed by atoms with Gasteiger partial charge in [-0.1, -0.05) is 17.7 Å². The molecule has 1 aliphatic rings. The molecule has 0 radical (unpaired) electrons. The Balaban J connectivity index is 1.52. The summed E-state index contributed by atoms with van der Waals surface area (Å²) in [5.41, 5.74) is 4.05. The fourth-order valence-corrected chi connectivity index (χ4v) is 3.97. The Kier molecular flexibility index (Phi) is 5.30. The highest BCUT2D eigenvalue weighted by molar-refractivity contribution is 6.33. The summed E-state index contributed by atoms with van der Waals surface area (Å²) in [4.78, 5) is 30.9. The molecular formula is C22H22ClN3O3. The first kappa shape index (κ1) is 19.5. The van der Waals surface area contributed by atoms with Crippen molar-refractivity contribution in [3.63, 3.8) is 0 Å². The van der Waals surface area contributed by atoms with E-state index >= 15 is 0 Å². The number of nitrogens with zero attached hydrogens (tertiary/aromatic N) is 1. The molecule has 0 spiro atoms. The molecule has 150 valence electrons. The van der Waals surface area contributed by atoms with Gasteiger partial charge in [-0.25, -0.2) is 0 Å². The molecule has 0 unspecified atom stereocenters. The summed E-state index contributed by atoms with van der Waals surface area (Å²) in [6, 6.07) is 11.0. The van der Waals surface area contributed by atoms with Crippen LogP contribution < -0.4 is 15.5 Å². The average molecular weight is 412 g/mol. The predicted molar refractivity (Wildman–Crippen MR) is 115 cm³/mol. The van der Waals surface area contributed by atoms with Gasteiger partial charge in [0.1, 0.15) is 5.75 Å². The fourth-order valence-electron chi connectivity index (χ4n) is 3.69. The lowest BCUT2D eigenvalue weighted by Gasteiger charge is -2.28. The molecule has 1 aliphatic heterocycles. The topological polar surface area (TPSA) is 74.4 Å². The number of rotatable bonds is 4. The lowest BCUT2D eigenvalue weighted by atomic mass is 10.0. The Morgan fingerprint density at radius 2 is 2.10 bits per heavy atom. The molecule has 0 fully saturated rings. The smallest absolute Gasteiger partial charge is 0.238 e. The van der Waals surface area contributed by atoms with E-state index in [2.05, 4.69) is 10.3 Å². The monoisotopic (exact) mass is 411 g/mol. The van der Waals surface area contributed by atoms with Crippen molar-refractivity contribution in [3.05, 3.63) is 68.5 Å². The second-order valence-corrected chi connectivity index (χ2v) is 7.72. The third-order valence-electron chi connectivity index (χ3n) is 5.22. The SMILES string of the molecule is COc1ccc2[nH]c3c(c(=O)c2c1)CN(CC(=O)Nc1ccc(C)cc1Cl)CC3. The summed E-state index contributed by atoms with van der Waals surface area (Å²) in [6.07, 6.45) is 0.686. The minimum atomic E-state index is -0.155. The van der Waals surface area contributed by atoms with Crippen LogP contribution in [0.2, 0.25) is 5.02 Å². The molecule has 0 atom stereocenters. The third kappa shape index (κ3) is 3.99. The van der Waals surface area contributed by atoms with Gasteiger partial charge in [0.25, 0.3) is 0 Å². The number of nitrogens with one attached hydrogen (secondary N) is 2. The second-order valence-electron chi connectivity index (χ2n) is 7.31. The van der Waals surface area contributed by atoms with Crippen molar-refractivity contribution < 1.29 is 9.53 Å². The number of methoxy groups -OCH3 is 1. The summed E-state index contributed by atoms with van der Waals surface area (Å²) in [5.74, 6) is 0.489. The van der Waals surface area contributed by atoms with Gasteiger partial charge in [0, 0.05) is 41.7 Å². The maximum atomic E-state index is 13.0. The van der Waals surface area contributed by atoms with Crippen molar-refractivity contribution in [3.8, 4) is 5.75 Å². The fraction of sp³-hybridized carbons (Fsp3) is 0.273. The van der Waals surface area contributed by atoms with Gasteiger partial charge in [-0.2, -0.15) is 0 Å². The van der Waals surface area contributed by atoms with Crippen LogP contribution in [0.3, 0.4) is 0 Å². The summed E-state index contributed by atoms with van der Waals surface area (Å²) in [6.45, 7) is 3.26. The Morgan fingerprint density at radius 3 is 2.86 bits per heavy atom. The van der Waals surface area contributed by atoms with E-state index in [1.165, 1.54) is 0 Å². The highest BCUT2D eigenvalue weighted by atomic mass is 35.5. The molecule has 29 heavy (non-hydrogen) atoms. The number of H-pyrrole nitrogens is 1. The summed E-state index contributed by atoms with van der Waals surface area (Å²) < 4.78 is 5.24. The zero-order chi connectivity index (χ0) is 20.5. The van der Waals surface area contributed by atoms with Crippen molar-refractivity contribution in [1.82, 2.24) is 9.88 Å². The second kappa shape index (κ2) is 7.89. The number of ether oxygens (including phenoxy) is 1. The van der Waals surface area contributed by atoms with Crippen LogP contribution >= 0.6 is 11.6 Å². The lowest BCUT2D eigenvalue weighted by molar-refractivity contribution is -0.117. The number of hydrogen-bond acceptors (Lipinski definition) is 4. The Bertz CT molecular complexity index is 1160. The largest absolute Gasteiger partial charge is 0.497 e. The van der Waals surface area contributed by atoms with Crippen LogP contribution in [-0.4, -0.2) is 36.0 Å². The zero-order valence-electron chi connectivity index (χ0n) is 16.3. The number of carbonyl (C=O) groups excluding carboxylic acids is 1. The van der Waals surface area contributed by atoms with Crippen molar-refractivity contribution in [2.45, 2.75) is 19.9 Å². The number of carbonyl (C=O) groups is 1. The maximum absolute atomic E-state index is 13.0.